The molecule has 16 heteroatoms. The van der Waals surface area contributed by atoms with E-state index in [1.54, 1.807) is 0 Å². The number of hydrogen-bond donors (Lipinski definition) is 9. The molecular weight excluding hydrogens is 494 g/mol. The second-order valence-corrected chi connectivity index (χ2v) is 8.52. The molecule has 0 aliphatic heterocycles. The molecule has 0 bridgehead atoms. The highest BCUT2D eigenvalue weighted by atomic mass is 16.4. The van der Waals surface area contributed by atoms with E-state index in [-0.39, 0.29) is 0 Å². The summed E-state index contributed by atoms with van der Waals surface area (Å²) in [5.74, 6) is -5.82. The van der Waals surface area contributed by atoms with E-state index in [2.05, 4.69) is 31.9 Å². The lowest BCUT2D eigenvalue weighted by Gasteiger charge is -2.23. The van der Waals surface area contributed by atoms with E-state index in [1.165, 1.54) is 41.5 Å². The second-order valence-electron chi connectivity index (χ2n) is 8.52. The lowest BCUT2D eigenvalue weighted by molar-refractivity contribution is -0.141. The number of amides is 6. The van der Waals surface area contributed by atoms with Crippen molar-refractivity contribution < 1.29 is 43.8 Å². The molecule has 0 aliphatic rings. The average Bonchev–Trinajstić information content (AvgIpc) is 2.81. The number of aliphatic hydroxyl groups is 1. The SMILES string of the molecule is C[C@H](N)C(=O)N[C@@H](C)C(=O)N[C@@H](C)C(=O)N[C@@H](C)C(=O)N[C@@H](CO)C(=O)N[C@@H](C)C(=O)N[C@@H](C)C(=O)O. The molecule has 0 unspecified atom stereocenters. The Kier molecular flexibility index (Phi) is 13.8. The highest BCUT2D eigenvalue weighted by molar-refractivity contribution is 5.96. The number of aliphatic carboxylic acids is 1. The van der Waals surface area contributed by atoms with Crippen LogP contribution in [0.15, 0.2) is 0 Å². The number of carboxylic acids is 1. The minimum atomic E-state index is -1.48. The molecule has 0 aromatic carbocycles. The Labute approximate surface area is 213 Å². The zero-order valence-corrected chi connectivity index (χ0v) is 21.6. The summed E-state index contributed by atoms with van der Waals surface area (Å²) in [5.41, 5.74) is 5.42. The molecule has 7 atom stereocenters. The quantitative estimate of drug-likeness (QED) is 0.104. The third-order valence-electron chi connectivity index (χ3n) is 4.97. The largest absolute Gasteiger partial charge is 0.480 e. The van der Waals surface area contributed by atoms with Crippen molar-refractivity contribution >= 4 is 41.4 Å². The van der Waals surface area contributed by atoms with Gasteiger partial charge in [0.05, 0.1) is 12.6 Å². The Morgan fingerprint density at radius 1 is 0.541 bits per heavy atom. The Morgan fingerprint density at radius 3 is 1.16 bits per heavy atom. The van der Waals surface area contributed by atoms with Crippen LogP contribution >= 0.6 is 0 Å². The fourth-order valence-corrected chi connectivity index (χ4v) is 2.49. The van der Waals surface area contributed by atoms with Crippen LogP contribution in [0.3, 0.4) is 0 Å². The number of hydrogen-bond acceptors (Lipinski definition) is 9. The molecule has 10 N–H and O–H groups in total. The first-order chi connectivity index (χ1) is 17.0. The van der Waals surface area contributed by atoms with E-state index in [0.717, 1.165) is 0 Å². The summed E-state index contributed by atoms with van der Waals surface area (Å²) in [6, 6.07) is -7.96. The van der Waals surface area contributed by atoms with Gasteiger partial charge in [0.25, 0.3) is 0 Å². The number of nitrogens with one attached hydrogen (secondary N) is 6. The average molecular weight is 532 g/mol. The van der Waals surface area contributed by atoms with E-state index in [1.807, 2.05) is 0 Å². The first-order valence-electron chi connectivity index (χ1n) is 11.4. The predicted octanol–water partition coefficient (Wildman–Crippen LogP) is -4.58. The van der Waals surface area contributed by atoms with Crippen LogP contribution < -0.4 is 37.6 Å². The van der Waals surface area contributed by atoms with Gasteiger partial charge in [0.1, 0.15) is 36.3 Å². The molecule has 0 heterocycles. The number of carbonyl (C=O) groups excluding carboxylic acids is 6. The molecule has 0 radical (unpaired) electrons. The molecule has 0 rings (SSSR count). The normalized spacial score (nSPS) is 16.3. The molecule has 0 aromatic heterocycles. The van der Waals surface area contributed by atoms with Gasteiger partial charge in [-0.25, -0.2) is 0 Å². The van der Waals surface area contributed by atoms with E-state index in [9.17, 15) is 38.7 Å². The van der Waals surface area contributed by atoms with E-state index in [4.69, 9.17) is 10.8 Å². The van der Waals surface area contributed by atoms with E-state index < -0.39 is 90.3 Å². The summed E-state index contributed by atoms with van der Waals surface area (Å²) in [7, 11) is 0. The van der Waals surface area contributed by atoms with Gasteiger partial charge in [0.2, 0.25) is 35.4 Å². The van der Waals surface area contributed by atoms with Crippen molar-refractivity contribution in [2.75, 3.05) is 6.61 Å². The fraction of sp³-hybridized carbons (Fsp3) is 0.667. The van der Waals surface area contributed by atoms with Gasteiger partial charge < -0.3 is 47.8 Å². The van der Waals surface area contributed by atoms with Gasteiger partial charge in [0, 0.05) is 0 Å². The summed E-state index contributed by atoms with van der Waals surface area (Å²) in [6.45, 7) is 7.15. The Hall–Kier alpha value is -3.79. The van der Waals surface area contributed by atoms with Gasteiger partial charge in [-0.2, -0.15) is 0 Å². The van der Waals surface area contributed by atoms with Gasteiger partial charge in [-0.3, -0.25) is 33.6 Å². The molecule has 0 saturated heterocycles. The van der Waals surface area contributed by atoms with Crippen molar-refractivity contribution in [1.82, 2.24) is 31.9 Å². The maximum atomic E-state index is 12.4. The third kappa shape index (κ3) is 11.7. The van der Waals surface area contributed by atoms with Crippen LogP contribution in [0.5, 0.6) is 0 Å². The van der Waals surface area contributed by atoms with Crippen LogP contribution in [0.4, 0.5) is 0 Å². The standard InChI is InChI=1S/C21H37N7O9/c1-8(22)15(30)23-9(2)16(31)24-10(3)17(32)25-12(5)19(34)28-14(7-29)20(35)26-11(4)18(33)27-13(6)21(36)37/h8-14,29H,7,22H2,1-6H3,(H,23,30)(H,24,31)(H,25,32)(H,26,35)(H,27,33)(H,28,34)(H,36,37)/t8-,9-,10-,11-,12-,13-,14-/m0/s1. The Balaban J connectivity index is 4.85. The Morgan fingerprint density at radius 2 is 0.838 bits per heavy atom. The van der Waals surface area contributed by atoms with Gasteiger partial charge in [-0.15, -0.1) is 0 Å². The highest BCUT2D eigenvalue weighted by Crippen LogP contribution is 1.94. The van der Waals surface area contributed by atoms with Crippen molar-refractivity contribution in [2.45, 2.75) is 83.8 Å². The summed E-state index contributed by atoms with van der Waals surface area (Å²) in [5, 5.41) is 32.0. The molecule has 0 aromatic rings. The molecule has 37 heavy (non-hydrogen) atoms. The predicted molar refractivity (Wildman–Crippen MR) is 128 cm³/mol. The van der Waals surface area contributed by atoms with Crippen LogP contribution in [-0.4, -0.2) is 101 Å². The number of nitrogens with two attached hydrogens (primary N) is 1. The first kappa shape index (κ1) is 33.2. The minimum Gasteiger partial charge on any atom is -0.480 e. The van der Waals surface area contributed by atoms with Gasteiger partial charge in [-0.1, -0.05) is 0 Å². The monoisotopic (exact) mass is 531 g/mol. The Bertz CT molecular complexity index is 880. The smallest absolute Gasteiger partial charge is 0.325 e. The molecule has 6 amide bonds. The summed E-state index contributed by atoms with van der Waals surface area (Å²) >= 11 is 0. The van der Waals surface area contributed by atoms with Crippen LogP contribution in [0, 0.1) is 0 Å². The summed E-state index contributed by atoms with van der Waals surface area (Å²) < 4.78 is 0. The molecule has 0 fully saturated rings. The molecule has 210 valence electrons. The van der Waals surface area contributed by atoms with Crippen LogP contribution in [0.1, 0.15) is 41.5 Å². The van der Waals surface area contributed by atoms with Crippen molar-refractivity contribution in [1.29, 1.82) is 0 Å². The van der Waals surface area contributed by atoms with Crippen LogP contribution in [0.2, 0.25) is 0 Å². The molecular formula is C21H37N7O9. The van der Waals surface area contributed by atoms with Crippen LogP contribution in [0.25, 0.3) is 0 Å². The van der Waals surface area contributed by atoms with Gasteiger partial charge >= 0.3 is 5.97 Å². The number of carboxylic acid groups (broad SMARTS) is 1. The molecule has 0 aliphatic carbocycles. The zero-order valence-electron chi connectivity index (χ0n) is 21.6. The topological polar surface area (TPSA) is 258 Å². The lowest BCUT2D eigenvalue weighted by atomic mass is 10.2. The first-order valence-corrected chi connectivity index (χ1v) is 11.4. The van der Waals surface area contributed by atoms with Crippen molar-refractivity contribution in [3.8, 4) is 0 Å². The fourth-order valence-electron chi connectivity index (χ4n) is 2.49. The van der Waals surface area contributed by atoms with Gasteiger partial charge in [0.15, 0.2) is 0 Å². The van der Waals surface area contributed by atoms with Crippen molar-refractivity contribution in [2.24, 2.45) is 5.73 Å². The number of carbonyl (C=O) groups is 7. The van der Waals surface area contributed by atoms with E-state index >= 15 is 0 Å². The van der Waals surface area contributed by atoms with Crippen molar-refractivity contribution in [3.05, 3.63) is 0 Å². The van der Waals surface area contributed by atoms with E-state index in [0.29, 0.717) is 0 Å². The maximum absolute atomic E-state index is 12.4. The third-order valence-corrected chi connectivity index (χ3v) is 4.97. The number of rotatable bonds is 14. The minimum absolute atomic E-state index is 0.558. The molecule has 0 saturated carbocycles. The number of aliphatic hydroxyl groups excluding tert-OH is 1. The maximum Gasteiger partial charge on any atom is 0.325 e. The molecule has 0 spiro atoms. The zero-order chi connectivity index (χ0) is 29.0. The summed E-state index contributed by atoms with van der Waals surface area (Å²) in [4.78, 5) is 83.7. The second kappa shape index (κ2) is 15.4. The van der Waals surface area contributed by atoms with Crippen molar-refractivity contribution in [3.63, 3.8) is 0 Å². The molecule has 16 nitrogen and oxygen atoms in total. The lowest BCUT2D eigenvalue weighted by Crippen LogP contribution is -2.59. The van der Waals surface area contributed by atoms with Crippen LogP contribution in [-0.2, 0) is 33.6 Å². The summed E-state index contributed by atoms with van der Waals surface area (Å²) in [6.07, 6.45) is 0. The van der Waals surface area contributed by atoms with Gasteiger partial charge in [-0.05, 0) is 41.5 Å². The highest BCUT2D eigenvalue weighted by Gasteiger charge is 2.28.